The average Bonchev–Trinajstić information content (AvgIpc) is 2.75. The standard InChI is InChI=1S/C11H7ClN4/c12-8-1-2-15-11-10(8)7(5-16-11)9-6-13-3-4-14-9/h1-6H,(H,15,16). The molecule has 1 N–H and O–H groups in total. The number of nitrogens with zero attached hydrogens (tertiary/aromatic N) is 3. The van der Waals surface area contributed by atoms with Gasteiger partial charge >= 0.3 is 0 Å². The molecule has 3 aromatic rings. The van der Waals surface area contributed by atoms with E-state index >= 15 is 0 Å². The van der Waals surface area contributed by atoms with Gasteiger partial charge in [0.05, 0.1) is 16.9 Å². The van der Waals surface area contributed by atoms with Crippen LogP contribution in [0.15, 0.2) is 37.1 Å². The summed E-state index contributed by atoms with van der Waals surface area (Å²) >= 11 is 6.15. The Morgan fingerprint density at radius 3 is 2.88 bits per heavy atom. The predicted molar refractivity (Wildman–Crippen MR) is 62.1 cm³/mol. The van der Waals surface area contributed by atoms with Gasteiger partial charge in [-0.1, -0.05) is 11.6 Å². The van der Waals surface area contributed by atoms with Crippen LogP contribution in [0, 0.1) is 0 Å². The van der Waals surface area contributed by atoms with E-state index in [9.17, 15) is 0 Å². The third-order valence-electron chi connectivity index (χ3n) is 2.36. The molecule has 0 fully saturated rings. The van der Waals surface area contributed by atoms with Crippen molar-refractivity contribution in [3.8, 4) is 11.3 Å². The van der Waals surface area contributed by atoms with Crippen LogP contribution in [0.25, 0.3) is 22.3 Å². The lowest BCUT2D eigenvalue weighted by Crippen LogP contribution is -1.83. The van der Waals surface area contributed by atoms with E-state index < -0.39 is 0 Å². The van der Waals surface area contributed by atoms with Crippen molar-refractivity contribution in [2.45, 2.75) is 0 Å². The maximum atomic E-state index is 6.15. The van der Waals surface area contributed by atoms with Gasteiger partial charge in [0.1, 0.15) is 5.65 Å². The summed E-state index contributed by atoms with van der Waals surface area (Å²) in [5.74, 6) is 0. The molecule has 0 aromatic carbocycles. The quantitative estimate of drug-likeness (QED) is 0.699. The van der Waals surface area contributed by atoms with Crippen LogP contribution < -0.4 is 0 Å². The Hall–Kier alpha value is -1.94. The van der Waals surface area contributed by atoms with Gasteiger partial charge in [-0.2, -0.15) is 0 Å². The second kappa shape index (κ2) is 3.57. The SMILES string of the molecule is Clc1ccnc2[nH]cc(-c3cnccn3)c12. The van der Waals surface area contributed by atoms with Gasteiger partial charge in [-0.05, 0) is 6.07 Å². The van der Waals surface area contributed by atoms with Crippen molar-refractivity contribution in [1.82, 2.24) is 19.9 Å². The van der Waals surface area contributed by atoms with E-state index in [1.807, 2.05) is 6.20 Å². The van der Waals surface area contributed by atoms with E-state index in [0.717, 1.165) is 22.3 Å². The van der Waals surface area contributed by atoms with E-state index in [1.54, 1.807) is 30.9 Å². The highest BCUT2D eigenvalue weighted by atomic mass is 35.5. The highest BCUT2D eigenvalue weighted by Gasteiger charge is 2.10. The molecular formula is C11H7ClN4. The minimum atomic E-state index is 0.659. The molecular weight excluding hydrogens is 224 g/mol. The zero-order chi connectivity index (χ0) is 11.0. The smallest absolute Gasteiger partial charge is 0.139 e. The topological polar surface area (TPSA) is 54.5 Å². The lowest BCUT2D eigenvalue weighted by atomic mass is 10.2. The van der Waals surface area contributed by atoms with Crippen LogP contribution >= 0.6 is 11.6 Å². The number of H-pyrrole nitrogens is 1. The molecule has 3 heterocycles. The van der Waals surface area contributed by atoms with Gasteiger partial charge < -0.3 is 4.98 Å². The zero-order valence-electron chi connectivity index (χ0n) is 8.18. The second-order valence-electron chi connectivity index (χ2n) is 3.31. The minimum Gasteiger partial charge on any atom is -0.345 e. The summed E-state index contributed by atoms with van der Waals surface area (Å²) in [4.78, 5) is 15.5. The summed E-state index contributed by atoms with van der Waals surface area (Å²) in [7, 11) is 0. The third kappa shape index (κ3) is 1.35. The van der Waals surface area contributed by atoms with Crippen molar-refractivity contribution in [2.75, 3.05) is 0 Å². The van der Waals surface area contributed by atoms with Gasteiger partial charge in [-0.3, -0.25) is 9.97 Å². The second-order valence-corrected chi connectivity index (χ2v) is 3.72. The molecule has 0 aliphatic heterocycles. The molecule has 16 heavy (non-hydrogen) atoms. The zero-order valence-corrected chi connectivity index (χ0v) is 8.94. The number of hydrogen-bond donors (Lipinski definition) is 1. The molecule has 4 nitrogen and oxygen atoms in total. The highest BCUT2D eigenvalue weighted by molar-refractivity contribution is 6.36. The number of pyridine rings is 1. The molecule has 0 spiro atoms. The first kappa shape index (κ1) is 9.30. The normalized spacial score (nSPS) is 10.8. The summed E-state index contributed by atoms with van der Waals surface area (Å²) in [6.07, 6.45) is 8.50. The first-order chi connectivity index (χ1) is 7.86. The number of aromatic amines is 1. The number of aromatic nitrogens is 4. The van der Waals surface area contributed by atoms with Crippen molar-refractivity contribution >= 4 is 22.6 Å². The van der Waals surface area contributed by atoms with Gasteiger partial charge in [0.15, 0.2) is 0 Å². The van der Waals surface area contributed by atoms with E-state index in [0.29, 0.717) is 5.02 Å². The third-order valence-corrected chi connectivity index (χ3v) is 2.68. The molecule has 0 atom stereocenters. The fourth-order valence-corrected chi connectivity index (χ4v) is 1.90. The van der Waals surface area contributed by atoms with E-state index in [1.165, 1.54) is 0 Å². The monoisotopic (exact) mass is 230 g/mol. The summed E-state index contributed by atoms with van der Waals surface area (Å²) < 4.78 is 0. The van der Waals surface area contributed by atoms with Crippen LogP contribution in [-0.2, 0) is 0 Å². The summed E-state index contributed by atoms with van der Waals surface area (Å²) in [6, 6.07) is 1.76. The molecule has 0 saturated heterocycles. The van der Waals surface area contributed by atoms with Crippen LogP contribution in [0.1, 0.15) is 0 Å². The fraction of sp³-hybridized carbons (Fsp3) is 0. The first-order valence-corrected chi connectivity index (χ1v) is 5.12. The van der Waals surface area contributed by atoms with E-state index in [-0.39, 0.29) is 0 Å². The first-order valence-electron chi connectivity index (χ1n) is 4.74. The van der Waals surface area contributed by atoms with Crippen molar-refractivity contribution < 1.29 is 0 Å². The summed E-state index contributed by atoms with van der Waals surface area (Å²) in [5.41, 5.74) is 2.46. The number of hydrogen-bond acceptors (Lipinski definition) is 3. The maximum Gasteiger partial charge on any atom is 0.139 e. The van der Waals surface area contributed by atoms with Crippen LogP contribution in [0.3, 0.4) is 0 Å². The molecule has 5 heteroatoms. The molecule has 0 saturated carbocycles. The van der Waals surface area contributed by atoms with Crippen molar-refractivity contribution in [1.29, 1.82) is 0 Å². The number of halogens is 1. The Labute approximate surface area is 96.3 Å². The van der Waals surface area contributed by atoms with Crippen molar-refractivity contribution in [3.05, 3.63) is 42.1 Å². The molecule has 3 aromatic heterocycles. The van der Waals surface area contributed by atoms with Gasteiger partial charge in [0.25, 0.3) is 0 Å². The summed E-state index contributed by atoms with van der Waals surface area (Å²) in [6.45, 7) is 0. The molecule has 3 rings (SSSR count). The lowest BCUT2D eigenvalue weighted by molar-refractivity contribution is 1.21. The van der Waals surface area contributed by atoms with Gasteiger partial charge in [0, 0.05) is 35.7 Å². The molecule has 0 aliphatic rings. The van der Waals surface area contributed by atoms with Gasteiger partial charge in [-0.25, -0.2) is 4.98 Å². The number of rotatable bonds is 1. The van der Waals surface area contributed by atoms with Crippen LogP contribution in [0.4, 0.5) is 0 Å². The number of fused-ring (bicyclic) bond motifs is 1. The lowest BCUT2D eigenvalue weighted by Gasteiger charge is -1.98. The molecule has 0 unspecified atom stereocenters. The Morgan fingerprint density at radius 1 is 1.12 bits per heavy atom. The van der Waals surface area contributed by atoms with Gasteiger partial charge in [0.2, 0.25) is 0 Å². The van der Waals surface area contributed by atoms with Crippen LogP contribution in [0.5, 0.6) is 0 Å². The number of nitrogens with one attached hydrogen (secondary N) is 1. The molecule has 0 amide bonds. The molecule has 0 radical (unpaired) electrons. The highest BCUT2D eigenvalue weighted by Crippen LogP contribution is 2.30. The van der Waals surface area contributed by atoms with Gasteiger partial charge in [-0.15, -0.1) is 0 Å². The van der Waals surface area contributed by atoms with E-state index in [2.05, 4.69) is 19.9 Å². The average molecular weight is 231 g/mol. The summed E-state index contributed by atoms with van der Waals surface area (Å²) in [5, 5.41) is 1.54. The van der Waals surface area contributed by atoms with Crippen LogP contribution in [-0.4, -0.2) is 19.9 Å². The van der Waals surface area contributed by atoms with Crippen LogP contribution in [0.2, 0.25) is 5.02 Å². The maximum absolute atomic E-state index is 6.15. The predicted octanol–water partition coefficient (Wildman–Crippen LogP) is 2.67. The van der Waals surface area contributed by atoms with E-state index in [4.69, 9.17) is 11.6 Å². The molecule has 0 bridgehead atoms. The van der Waals surface area contributed by atoms with Crippen molar-refractivity contribution in [3.63, 3.8) is 0 Å². The molecule has 78 valence electrons. The largest absolute Gasteiger partial charge is 0.345 e. The Bertz CT molecular complexity index is 633. The Balaban J connectivity index is 2.33. The van der Waals surface area contributed by atoms with Crippen molar-refractivity contribution in [2.24, 2.45) is 0 Å². The Kier molecular flexibility index (Phi) is 2.08. The fourth-order valence-electron chi connectivity index (χ4n) is 1.66. The minimum absolute atomic E-state index is 0.659. The Morgan fingerprint density at radius 2 is 2.06 bits per heavy atom. The molecule has 0 aliphatic carbocycles.